The molecule has 0 amide bonds. The van der Waals surface area contributed by atoms with Gasteiger partial charge in [-0.25, -0.2) is 0 Å². The molecule has 2 atom stereocenters. The lowest BCUT2D eigenvalue weighted by molar-refractivity contribution is -0.870. The number of carbonyl (C=O) groups is 2. The number of phosphoric acid groups is 1. The zero-order valence-electron chi connectivity index (χ0n) is 57.1. The third-order valence-corrected chi connectivity index (χ3v) is 15.8. The highest BCUT2D eigenvalue weighted by atomic mass is 31.2. The highest BCUT2D eigenvalue weighted by Crippen LogP contribution is 2.38. The Morgan fingerprint density at radius 2 is 0.648 bits per heavy atom. The molecule has 0 saturated heterocycles. The van der Waals surface area contributed by atoms with Crippen molar-refractivity contribution in [1.29, 1.82) is 0 Å². The van der Waals surface area contributed by atoms with Gasteiger partial charge in [-0.05, 0) is 122 Å². The Bertz CT molecular complexity index is 2000. The van der Waals surface area contributed by atoms with Crippen LogP contribution in [0.1, 0.15) is 284 Å². The first-order chi connectivity index (χ1) is 43.0. The summed E-state index contributed by atoms with van der Waals surface area (Å²) in [5.74, 6) is -0.846. The molecule has 0 aromatic rings. The highest BCUT2D eigenvalue weighted by molar-refractivity contribution is 7.45. The van der Waals surface area contributed by atoms with Crippen molar-refractivity contribution in [1.82, 2.24) is 0 Å². The third kappa shape index (κ3) is 71.0. The van der Waals surface area contributed by atoms with Gasteiger partial charge in [0.05, 0.1) is 27.7 Å². The molecule has 0 aliphatic heterocycles. The number of nitrogens with zero attached hydrogens (tertiary/aromatic N) is 1. The number of unbranched alkanes of at least 4 members (excludes halogenated alkanes) is 26. The van der Waals surface area contributed by atoms with Crippen LogP contribution in [0.5, 0.6) is 0 Å². The molecule has 0 spiro atoms. The van der Waals surface area contributed by atoms with Gasteiger partial charge in [0.15, 0.2) is 6.10 Å². The van der Waals surface area contributed by atoms with Crippen molar-refractivity contribution in [2.45, 2.75) is 290 Å². The van der Waals surface area contributed by atoms with Gasteiger partial charge in [-0.3, -0.25) is 14.2 Å². The topological polar surface area (TPSA) is 111 Å². The van der Waals surface area contributed by atoms with Crippen LogP contribution in [0.25, 0.3) is 0 Å². The molecular weight excluding hydrogens is 1110 g/mol. The highest BCUT2D eigenvalue weighted by Gasteiger charge is 2.22. The predicted molar refractivity (Wildman–Crippen MR) is 378 cm³/mol. The Morgan fingerprint density at radius 1 is 0.364 bits per heavy atom. The van der Waals surface area contributed by atoms with Gasteiger partial charge in [-0.1, -0.05) is 295 Å². The number of phosphoric ester groups is 1. The second-order valence-electron chi connectivity index (χ2n) is 24.5. The molecule has 0 saturated carbocycles. The minimum atomic E-state index is -4.65. The van der Waals surface area contributed by atoms with Crippen molar-refractivity contribution in [2.24, 2.45) is 0 Å². The molecule has 0 fully saturated rings. The minimum Gasteiger partial charge on any atom is -0.756 e. The Kier molecular flexibility index (Phi) is 64.1. The normalized spacial score (nSPS) is 14.0. The number of esters is 2. The number of carbonyl (C=O) groups excluding carboxylic acids is 2. The van der Waals surface area contributed by atoms with Crippen LogP contribution in [0.3, 0.4) is 0 Å². The van der Waals surface area contributed by atoms with Gasteiger partial charge >= 0.3 is 11.9 Å². The van der Waals surface area contributed by atoms with Crippen molar-refractivity contribution in [3.05, 3.63) is 146 Å². The van der Waals surface area contributed by atoms with Gasteiger partial charge in [0.2, 0.25) is 0 Å². The molecule has 2 unspecified atom stereocenters. The van der Waals surface area contributed by atoms with Crippen LogP contribution >= 0.6 is 7.82 Å². The molecule has 0 aromatic carbocycles. The van der Waals surface area contributed by atoms with Crippen molar-refractivity contribution >= 4 is 19.8 Å². The molecule has 9 nitrogen and oxygen atoms in total. The van der Waals surface area contributed by atoms with E-state index in [1.165, 1.54) is 135 Å². The number of hydrogen-bond donors (Lipinski definition) is 0. The first-order valence-electron chi connectivity index (χ1n) is 35.5. The molecule has 0 radical (unpaired) electrons. The molecule has 0 aliphatic rings. The van der Waals surface area contributed by atoms with E-state index < -0.39 is 26.5 Å². The van der Waals surface area contributed by atoms with E-state index in [1.54, 1.807) is 0 Å². The van der Waals surface area contributed by atoms with Crippen LogP contribution in [0.2, 0.25) is 0 Å². The number of hydrogen-bond acceptors (Lipinski definition) is 8. The second-order valence-corrected chi connectivity index (χ2v) is 25.9. The van der Waals surface area contributed by atoms with Crippen LogP contribution < -0.4 is 4.89 Å². The molecule has 0 N–H and O–H groups in total. The van der Waals surface area contributed by atoms with Crippen LogP contribution in [-0.2, 0) is 32.7 Å². The smallest absolute Gasteiger partial charge is 0.306 e. The number of allylic oxidation sites excluding steroid dienone is 24. The first-order valence-corrected chi connectivity index (χ1v) is 37.0. The average Bonchev–Trinajstić information content (AvgIpc) is 3.68. The quantitative estimate of drug-likeness (QED) is 0.0195. The fourth-order valence-corrected chi connectivity index (χ4v) is 10.2. The van der Waals surface area contributed by atoms with Gasteiger partial charge in [0.1, 0.15) is 19.8 Å². The lowest BCUT2D eigenvalue weighted by Gasteiger charge is -2.28. The summed E-state index contributed by atoms with van der Waals surface area (Å²) in [6.07, 6.45) is 99.2. The van der Waals surface area contributed by atoms with Crippen LogP contribution in [0.4, 0.5) is 0 Å². The minimum absolute atomic E-state index is 0.0390. The standard InChI is InChI=1S/C78H132NO8P/c1-6-8-10-12-14-16-18-20-22-24-26-28-30-32-33-34-35-36-37-38-39-40-41-42-43-44-45-47-49-51-53-55-57-59-61-63-65-67-69-71-78(81)87-76(75-86-88(82,83)85-73-72-79(3,4)5)74-84-77(80)70-68-66-64-62-60-58-56-54-52-50-48-46-31-29-27-25-23-21-19-17-15-13-11-9-7-2/h8,10,14,16,19-22,25-28,32-33,35-36,38-39,41-42,44-45,49,51,76H,6-7,9,11-13,15,17-18,23-24,29-31,34,37,40,43,46-48,50,52-75H2,1-5H3/b10-8-,16-14-,21-19-,22-20-,27-25-,28-26-,33-32-,36-35-,39-38-,42-41-,45-44-,51-49-. The van der Waals surface area contributed by atoms with E-state index >= 15 is 0 Å². The average molecular weight is 1240 g/mol. The molecule has 0 aromatic heterocycles. The molecule has 502 valence electrons. The van der Waals surface area contributed by atoms with Gasteiger partial charge in [0, 0.05) is 12.8 Å². The van der Waals surface area contributed by atoms with Crippen molar-refractivity contribution < 1.29 is 42.1 Å². The van der Waals surface area contributed by atoms with Crippen LogP contribution in [-0.4, -0.2) is 70.0 Å². The summed E-state index contributed by atoms with van der Waals surface area (Å²) in [7, 11) is 1.15. The number of quaternary nitrogens is 1. The maximum atomic E-state index is 12.9. The summed E-state index contributed by atoms with van der Waals surface area (Å²) >= 11 is 0. The summed E-state index contributed by atoms with van der Waals surface area (Å²) in [6.45, 7) is 4.11. The number of rotatable bonds is 64. The van der Waals surface area contributed by atoms with Gasteiger partial charge in [-0.15, -0.1) is 0 Å². The fourth-order valence-electron chi connectivity index (χ4n) is 9.42. The van der Waals surface area contributed by atoms with E-state index in [0.29, 0.717) is 17.4 Å². The molecule has 0 aliphatic carbocycles. The first kappa shape index (κ1) is 83.9. The van der Waals surface area contributed by atoms with Gasteiger partial charge in [0.25, 0.3) is 7.82 Å². The van der Waals surface area contributed by atoms with Crippen LogP contribution in [0.15, 0.2) is 146 Å². The predicted octanol–water partition coefficient (Wildman–Crippen LogP) is 22.7. The summed E-state index contributed by atoms with van der Waals surface area (Å²) in [5, 5.41) is 0. The fraction of sp³-hybridized carbons (Fsp3) is 0.667. The molecule has 0 bridgehead atoms. The van der Waals surface area contributed by atoms with E-state index in [-0.39, 0.29) is 32.0 Å². The number of likely N-dealkylation sites (N-methyl/N-ethyl adjacent to an activating group) is 1. The third-order valence-electron chi connectivity index (χ3n) is 14.8. The lowest BCUT2D eigenvalue weighted by Crippen LogP contribution is -2.37. The monoisotopic (exact) mass is 1240 g/mol. The lowest BCUT2D eigenvalue weighted by atomic mass is 10.0. The van der Waals surface area contributed by atoms with Gasteiger partial charge in [-0.2, -0.15) is 0 Å². The zero-order valence-corrected chi connectivity index (χ0v) is 58.0. The van der Waals surface area contributed by atoms with Crippen LogP contribution in [0, 0.1) is 0 Å². The van der Waals surface area contributed by atoms with E-state index in [0.717, 1.165) is 116 Å². The zero-order chi connectivity index (χ0) is 64.1. The maximum absolute atomic E-state index is 12.9. The van der Waals surface area contributed by atoms with Crippen molar-refractivity contribution in [2.75, 3.05) is 47.5 Å². The summed E-state index contributed by atoms with van der Waals surface area (Å²) in [5.41, 5.74) is 0. The van der Waals surface area contributed by atoms with Crippen molar-refractivity contribution in [3.8, 4) is 0 Å². The Morgan fingerprint density at radius 3 is 0.966 bits per heavy atom. The van der Waals surface area contributed by atoms with Gasteiger partial charge < -0.3 is 27.9 Å². The molecule has 88 heavy (non-hydrogen) atoms. The Hall–Kier alpha value is -4.11. The SMILES string of the molecule is CC/C=C\C/C=C\C/C=C\C/C=C\C/C=C\C/C=C\C/C=C\C/C=C\C/C=C\C/C=C\CCCCCCCCCCC(=O)OC(COC(=O)CCCCCCCCCCCCCCC/C=C\C/C=C\CCCCCCC)COP(=O)([O-])OCC[N+](C)(C)C. The molecule has 0 heterocycles. The maximum Gasteiger partial charge on any atom is 0.306 e. The summed E-state index contributed by atoms with van der Waals surface area (Å²) in [6, 6.07) is 0. The second kappa shape index (κ2) is 67.3. The molecule has 0 rings (SSSR count). The molecule has 10 heteroatoms. The summed E-state index contributed by atoms with van der Waals surface area (Å²) < 4.78 is 34.3. The number of ether oxygens (including phenoxy) is 2. The van der Waals surface area contributed by atoms with E-state index in [1.807, 2.05) is 21.1 Å². The summed E-state index contributed by atoms with van der Waals surface area (Å²) in [4.78, 5) is 38.1. The van der Waals surface area contributed by atoms with E-state index in [9.17, 15) is 19.0 Å². The van der Waals surface area contributed by atoms with E-state index in [2.05, 4.69) is 160 Å². The van der Waals surface area contributed by atoms with E-state index in [4.69, 9.17) is 18.5 Å². The molecular formula is C78H132NO8P. The Balaban J connectivity index is 4.12. The van der Waals surface area contributed by atoms with Crippen molar-refractivity contribution in [3.63, 3.8) is 0 Å². The Labute approximate surface area is 542 Å². The largest absolute Gasteiger partial charge is 0.756 e.